The zero-order chi connectivity index (χ0) is 16.2. The van der Waals surface area contributed by atoms with Gasteiger partial charge in [-0.25, -0.2) is 0 Å². The van der Waals surface area contributed by atoms with Crippen molar-refractivity contribution in [3.05, 3.63) is 29.3 Å². The highest BCUT2D eigenvalue weighted by Crippen LogP contribution is 2.60. The molecule has 5 unspecified atom stereocenters. The molecule has 4 heteroatoms. The third-order valence-corrected chi connectivity index (χ3v) is 6.67. The van der Waals surface area contributed by atoms with E-state index in [0.29, 0.717) is 24.0 Å². The van der Waals surface area contributed by atoms with Crippen LogP contribution in [0.1, 0.15) is 49.7 Å². The van der Waals surface area contributed by atoms with Gasteiger partial charge in [0.25, 0.3) is 0 Å². The summed E-state index contributed by atoms with van der Waals surface area (Å²) in [5.74, 6) is 1.45. The van der Waals surface area contributed by atoms with Gasteiger partial charge in [-0.3, -0.25) is 0 Å². The highest BCUT2D eigenvalue weighted by atomic mass is 16.6. The maximum absolute atomic E-state index is 10.9. The number of oxime groups is 1. The Balaban J connectivity index is 1.73. The van der Waals surface area contributed by atoms with E-state index in [1.807, 2.05) is 6.07 Å². The molecule has 5 atom stereocenters. The van der Waals surface area contributed by atoms with Crippen molar-refractivity contribution in [1.29, 1.82) is 0 Å². The molecule has 0 radical (unpaired) electrons. The lowest BCUT2D eigenvalue weighted by molar-refractivity contribution is -0.00990. The fourth-order valence-electron chi connectivity index (χ4n) is 5.64. The van der Waals surface area contributed by atoms with Gasteiger partial charge in [0.15, 0.2) is 0 Å². The lowest BCUT2D eigenvalue weighted by Gasteiger charge is -2.50. The Morgan fingerprint density at radius 1 is 1.30 bits per heavy atom. The molecule has 2 fully saturated rings. The van der Waals surface area contributed by atoms with Crippen molar-refractivity contribution in [2.75, 3.05) is 7.11 Å². The standard InChI is InChI=1S/C19H25NO3/c1-19-8-7-14-13-4-3-12(21)9-11(13)10-16(22)18(14)15(19)5-6-17(19)20-23-2/h3-4,9,14-16,18,21-22H,5-8,10H2,1-2H3/b20-17+. The van der Waals surface area contributed by atoms with Gasteiger partial charge in [0, 0.05) is 5.41 Å². The second-order valence-electron chi connectivity index (χ2n) is 7.66. The fraction of sp³-hybridized carbons (Fsp3) is 0.632. The first-order valence-electron chi connectivity index (χ1n) is 8.65. The Hall–Kier alpha value is -1.55. The summed E-state index contributed by atoms with van der Waals surface area (Å²) in [6, 6.07) is 5.68. The Bertz CT molecular complexity index is 656. The van der Waals surface area contributed by atoms with Crippen molar-refractivity contribution in [3.8, 4) is 5.75 Å². The van der Waals surface area contributed by atoms with Gasteiger partial charge in [0.1, 0.15) is 12.9 Å². The topological polar surface area (TPSA) is 62.0 Å². The van der Waals surface area contributed by atoms with Gasteiger partial charge < -0.3 is 15.1 Å². The normalized spacial score (nSPS) is 40.4. The van der Waals surface area contributed by atoms with E-state index in [1.54, 1.807) is 13.2 Å². The van der Waals surface area contributed by atoms with Crippen molar-refractivity contribution in [2.24, 2.45) is 22.4 Å². The highest BCUT2D eigenvalue weighted by Gasteiger charge is 2.56. The number of phenols is 1. The predicted molar refractivity (Wildman–Crippen MR) is 88.6 cm³/mol. The van der Waals surface area contributed by atoms with E-state index in [4.69, 9.17) is 4.84 Å². The van der Waals surface area contributed by atoms with Gasteiger partial charge in [-0.2, -0.15) is 0 Å². The second-order valence-corrected chi connectivity index (χ2v) is 7.66. The van der Waals surface area contributed by atoms with E-state index in [2.05, 4.69) is 18.1 Å². The van der Waals surface area contributed by atoms with Gasteiger partial charge in [-0.05, 0) is 73.1 Å². The van der Waals surface area contributed by atoms with Crippen LogP contribution >= 0.6 is 0 Å². The molecule has 0 aliphatic heterocycles. The summed E-state index contributed by atoms with van der Waals surface area (Å²) >= 11 is 0. The number of rotatable bonds is 1. The quantitative estimate of drug-likeness (QED) is 0.782. The van der Waals surface area contributed by atoms with E-state index >= 15 is 0 Å². The monoisotopic (exact) mass is 315 g/mol. The van der Waals surface area contributed by atoms with Crippen LogP contribution in [0.25, 0.3) is 0 Å². The number of hydrogen-bond donors (Lipinski definition) is 2. The van der Waals surface area contributed by atoms with Gasteiger partial charge in [-0.15, -0.1) is 0 Å². The summed E-state index contributed by atoms with van der Waals surface area (Å²) in [7, 11) is 1.62. The van der Waals surface area contributed by atoms with Crippen LogP contribution in [0.3, 0.4) is 0 Å². The lowest BCUT2D eigenvalue weighted by atomic mass is 9.54. The summed E-state index contributed by atoms with van der Waals surface area (Å²) in [4.78, 5) is 5.07. The second kappa shape index (κ2) is 5.23. The van der Waals surface area contributed by atoms with Crippen molar-refractivity contribution < 1.29 is 15.1 Å². The minimum Gasteiger partial charge on any atom is -0.508 e. The van der Waals surface area contributed by atoms with Crippen molar-refractivity contribution >= 4 is 5.71 Å². The molecule has 4 nitrogen and oxygen atoms in total. The van der Waals surface area contributed by atoms with E-state index < -0.39 is 0 Å². The molecule has 0 amide bonds. The molecule has 0 bridgehead atoms. The van der Waals surface area contributed by atoms with Crippen LogP contribution in [-0.4, -0.2) is 29.1 Å². The van der Waals surface area contributed by atoms with Crippen LogP contribution in [0.4, 0.5) is 0 Å². The van der Waals surface area contributed by atoms with E-state index in [9.17, 15) is 10.2 Å². The van der Waals surface area contributed by atoms with Gasteiger partial charge in [-0.1, -0.05) is 18.1 Å². The summed E-state index contributed by atoms with van der Waals surface area (Å²) in [6.07, 6.45) is 4.54. The minimum atomic E-state index is -0.333. The number of aromatic hydroxyl groups is 1. The Kier molecular flexibility index (Phi) is 3.41. The predicted octanol–water partition coefficient (Wildman–Crippen LogP) is 3.22. The zero-order valence-corrected chi connectivity index (χ0v) is 13.8. The van der Waals surface area contributed by atoms with Crippen LogP contribution in [0.5, 0.6) is 5.75 Å². The molecule has 0 saturated heterocycles. The van der Waals surface area contributed by atoms with Crippen molar-refractivity contribution in [2.45, 2.75) is 51.0 Å². The maximum atomic E-state index is 10.9. The first kappa shape index (κ1) is 15.0. The molecule has 3 aliphatic rings. The third kappa shape index (κ3) is 2.11. The molecular weight excluding hydrogens is 290 g/mol. The molecule has 3 aliphatic carbocycles. The molecule has 0 heterocycles. The van der Waals surface area contributed by atoms with Gasteiger partial charge >= 0.3 is 0 Å². The SMILES string of the molecule is CO/N=C1\CCC2C3C(O)Cc4cc(O)ccc4C3CCC12C. The number of aliphatic hydroxyl groups excluding tert-OH is 1. The summed E-state index contributed by atoms with van der Waals surface area (Å²) in [6.45, 7) is 2.30. The molecule has 2 N–H and O–H groups in total. The van der Waals surface area contributed by atoms with Gasteiger partial charge in [0.05, 0.1) is 11.8 Å². The van der Waals surface area contributed by atoms with Crippen LogP contribution in [0.15, 0.2) is 23.4 Å². The highest BCUT2D eigenvalue weighted by molar-refractivity contribution is 5.92. The summed E-state index contributed by atoms with van der Waals surface area (Å²) in [5.41, 5.74) is 3.68. The number of phenolic OH excluding ortho intramolecular Hbond substituents is 1. The molecule has 2 saturated carbocycles. The third-order valence-electron chi connectivity index (χ3n) is 6.67. The first-order valence-corrected chi connectivity index (χ1v) is 8.65. The molecule has 124 valence electrons. The molecular formula is C19H25NO3. The fourth-order valence-corrected chi connectivity index (χ4v) is 5.64. The molecule has 4 rings (SSSR count). The minimum absolute atomic E-state index is 0.0621. The Labute approximate surface area is 137 Å². The van der Waals surface area contributed by atoms with E-state index in [0.717, 1.165) is 31.2 Å². The lowest BCUT2D eigenvalue weighted by Crippen LogP contribution is -2.48. The van der Waals surface area contributed by atoms with Crippen LogP contribution in [0.2, 0.25) is 0 Å². The van der Waals surface area contributed by atoms with Crippen molar-refractivity contribution in [3.63, 3.8) is 0 Å². The maximum Gasteiger partial charge on any atom is 0.115 e. The number of benzene rings is 1. The molecule has 0 aromatic heterocycles. The number of fused-ring (bicyclic) bond motifs is 5. The zero-order valence-electron chi connectivity index (χ0n) is 13.8. The van der Waals surface area contributed by atoms with Gasteiger partial charge in [0.2, 0.25) is 0 Å². The largest absolute Gasteiger partial charge is 0.508 e. The summed E-state index contributed by atoms with van der Waals surface area (Å²) < 4.78 is 0. The molecule has 1 aromatic rings. The first-order chi connectivity index (χ1) is 11.0. The number of aliphatic hydroxyl groups is 1. The van der Waals surface area contributed by atoms with E-state index in [1.165, 1.54) is 11.3 Å². The average Bonchev–Trinajstić information content (AvgIpc) is 2.84. The van der Waals surface area contributed by atoms with E-state index in [-0.39, 0.29) is 17.4 Å². The summed E-state index contributed by atoms with van der Waals surface area (Å²) in [5, 5.41) is 24.9. The number of nitrogens with zero attached hydrogens (tertiary/aromatic N) is 1. The van der Waals surface area contributed by atoms with Crippen LogP contribution < -0.4 is 0 Å². The molecule has 23 heavy (non-hydrogen) atoms. The molecule has 1 aromatic carbocycles. The smallest absolute Gasteiger partial charge is 0.115 e. The Morgan fingerprint density at radius 2 is 2.13 bits per heavy atom. The molecule has 0 spiro atoms. The number of hydrogen-bond acceptors (Lipinski definition) is 4. The average molecular weight is 315 g/mol. The van der Waals surface area contributed by atoms with Crippen LogP contribution in [0, 0.1) is 17.3 Å². The Morgan fingerprint density at radius 3 is 2.91 bits per heavy atom. The van der Waals surface area contributed by atoms with Crippen LogP contribution in [-0.2, 0) is 11.3 Å². The van der Waals surface area contributed by atoms with Crippen molar-refractivity contribution in [1.82, 2.24) is 0 Å².